The van der Waals surface area contributed by atoms with Crippen LogP contribution in [0.5, 0.6) is 11.5 Å². The molecule has 2 N–H and O–H groups in total. The highest BCUT2D eigenvalue weighted by atomic mass is 35.5. The monoisotopic (exact) mass is 297 g/mol. The first-order chi connectivity index (χ1) is 8.58. The van der Waals surface area contributed by atoms with Crippen molar-refractivity contribution in [2.24, 2.45) is 5.73 Å². The number of rotatable bonds is 3. The van der Waals surface area contributed by atoms with Crippen molar-refractivity contribution in [1.82, 2.24) is 0 Å². The summed E-state index contributed by atoms with van der Waals surface area (Å²) in [6.07, 6.45) is 0. The molecule has 0 aliphatic heterocycles. The molecule has 0 fully saturated rings. The maximum Gasteiger partial charge on any atom is 0.147 e. The van der Waals surface area contributed by atoms with E-state index in [9.17, 15) is 0 Å². The summed E-state index contributed by atoms with van der Waals surface area (Å²) in [4.78, 5) is 0.267. The summed E-state index contributed by atoms with van der Waals surface area (Å²) in [5, 5.41) is 1.01. The zero-order chi connectivity index (χ0) is 13.1. The minimum Gasteiger partial charge on any atom is -0.455 e. The molecule has 0 unspecified atom stereocenters. The number of thiocarbonyl (C=S) groups is 1. The first-order valence-corrected chi connectivity index (χ1v) is 6.26. The maximum atomic E-state index is 6.03. The fraction of sp³-hybridized carbons (Fsp3) is 0. The molecular formula is C13H9Cl2NOS. The second-order valence-electron chi connectivity index (χ2n) is 3.54. The van der Waals surface area contributed by atoms with Crippen molar-refractivity contribution in [3.05, 3.63) is 58.1 Å². The molecule has 0 aliphatic rings. The van der Waals surface area contributed by atoms with Gasteiger partial charge in [0.2, 0.25) is 0 Å². The standard InChI is InChI=1S/C13H9Cl2NOS/c14-8-5-6-10(15)12(7-8)17-11-4-2-1-3-9(11)13(16)18/h1-7H,(H2,16,18). The van der Waals surface area contributed by atoms with Crippen LogP contribution in [0.2, 0.25) is 10.0 Å². The molecule has 2 aromatic carbocycles. The van der Waals surface area contributed by atoms with Crippen LogP contribution in [0, 0.1) is 0 Å². The lowest BCUT2D eigenvalue weighted by Crippen LogP contribution is -2.10. The number of para-hydroxylation sites is 1. The number of ether oxygens (including phenoxy) is 1. The zero-order valence-electron chi connectivity index (χ0n) is 9.19. The molecule has 2 nitrogen and oxygen atoms in total. The largest absolute Gasteiger partial charge is 0.455 e. The maximum absolute atomic E-state index is 6.03. The van der Waals surface area contributed by atoms with Crippen molar-refractivity contribution in [2.45, 2.75) is 0 Å². The molecule has 0 saturated carbocycles. The number of benzene rings is 2. The molecule has 0 aliphatic carbocycles. The predicted octanol–water partition coefficient (Wildman–Crippen LogP) is 4.42. The Morgan fingerprint density at radius 3 is 2.50 bits per heavy atom. The van der Waals surface area contributed by atoms with Crippen LogP contribution in [0.15, 0.2) is 42.5 Å². The molecule has 0 radical (unpaired) electrons. The normalized spacial score (nSPS) is 10.1. The molecule has 2 aromatic rings. The SMILES string of the molecule is NC(=S)c1ccccc1Oc1cc(Cl)ccc1Cl. The van der Waals surface area contributed by atoms with E-state index in [0.29, 0.717) is 27.1 Å². The number of nitrogens with two attached hydrogens (primary N) is 1. The first-order valence-electron chi connectivity index (χ1n) is 5.09. The van der Waals surface area contributed by atoms with E-state index >= 15 is 0 Å². The second kappa shape index (κ2) is 5.57. The van der Waals surface area contributed by atoms with Crippen LogP contribution in [0.1, 0.15) is 5.56 Å². The second-order valence-corrected chi connectivity index (χ2v) is 4.82. The summed E-state index contributed by atoms with van der Waals surface area (Å²) < 4.78 is 5.70. The van der Waals surface area contributed by atoms with E-state index in [1.54, 1.807) is 30.3 Å². The van der Waals surface area contributed by atoms with Gasteiger partial charge in [0.25, 0.3) is 0 Å². The van der Waals surface area contributed by atoms with Gasteiger partial charge in [0.05, 0.1) is 10.6 Å². The van der Waals surface area contributed by atoms with E-state index in [1.165, 1.54) is 0 Å². The number of hydrogen-bond donors (Lipinski definition) is 1. The Balaban J connectivity index is 2.40. The summed E-state index contributed by atoms with van der Waals surface area (Å²) in [6, 6.07) is 12.2. The van der Waals surface area contributed by atoms with Crippen molar-refractivity contribution in [3.8, 4) is 11.5 Å². The molecule has 2 rings (SSSR count). The van der Waals surface area contributed by atoms with E-state index in [0.717, 1.165) is 0 Å². The summed E-state index contributed by atoms with van der Waals surface area (Å²) >= 11 is 16.9. The van der Waals surface area contributed by atoms with Crippen LogP contribution in [0.25, 0.3) is 0 Å². The topological polar surface area (TPSA) is 35.2 Å². The molecule has 0 atom stereocenters. The van der Waals surface area contributed by atoms with Crippen LogP contribution in [-0.2, 0) is 0 Å². The average molecular weight is 298 g/mol. The Labute approximate surface area is 120 Å². The van der Waals surface area contributed by atoms with Gasteiger partial charge in [0.15, 0.2) is 0 Å². The molecule has 0 amide bonds. The van der Waals surface area contributed by atoms with Gasteiger partial charge >= 0.3 is 0 Å². The van der Waals surface area contributed by atoms with E-state index in [-0.39, 0.29) is 4.99 Å². The zero-order valence-corrected chi connectivity index (χ0v) is 11.5. The molecule has 92 valence electrons. The molecule has 5 heteroatoms. The number of hydrogen-bond acceptors (Lipinski definition) is 2. The lowest BCUT2D eigenvalue weighted by molar-refractivity contribution is 0.482. The van der Waals surface area contributed by atoms with Gasteiger partial charge in [-0.1, -0.05) is 47.6 Å². The highest BCUT2D eigenvalue weighted by Gasteiger charge is 2.09. The predicted molar refractivity (Wildman–Crippen MR) is 78.9 cm³/mol. The smallest absolute Gasteiger partial charge is 0.147 e. The molecule has 0 heterocycles. The Morgan fingerprint density at radius 1 is 1.06 bits per heavy atom. The highest BCUT2D eigenvalue weighted by molar-refractivity contribution is 7.80. The van der Waals surface area contributed by atoms with Crippen LogP contribution < -0.4 is 10.5 Å². The third-order valence-corrected chi connectivity index (χ3v) is 3.03. The van der Waals surface area contributed by atoms with Gasteiger partial charge < -0.3 is 10.5 Å². The van der Waals surface area contributed by atoms with Crippen LogP contribution in [0.4, 0.5) is 0 Å². The van der Waals surface area contributed by atoms with Crippen molar-refractivity contribution < 1.29 is 4.74 Å². The lowest BCUT2D eigenvalue weighted by atomic mass is 10.2. The van der Waals surface area contributed by atoms with Gasteiger partial charge in [-0.15, -0.1) is 0 Å². The van der Waals surface area contributed by atoms with Crippen molar-refractivity contribution in [2.75, 3.05) is 0 Å². The summed E-state index contributed by atoms with van der Waals surface area (Å²) in [7, 11) is 0. The Bertz CT molecular complexity index is 601. The van der Waals surface area contributed by atoms with E-state index < -0.39 is 0 Å². The molecule has 0 spiro atoms. The van der Waals surface area contributed by atoms with Crippen molar-refractivity contribution >= 4 is 40.4 Å². The van der Waals surface area contributed by atoms with Crippen LogP contribution >= 0.6 is 35.4 Å². The molecular weight excluding hydrogens is 289 g/mol. The van der Waals surface area contributed by atoms with Crippen LogP contribution in [0.3, 0.4) is 0 Å². The van der Waals surface area contributed by atoms with Crippen molar-refractivity contribution in [3.63, 3.8) is 0 Å². The van der Waals surface area contributed by atoms with Gasteiger partial charge in [-0.25, -0.2) is 0 Å². The molecule has 0 aromatic heterocycles. The Hall–Kier alpha value is -1.29. The van der Waals surface area contributed by atoms with E-state index in [2.05, 4.69) is 0 Å². The minimum atomic E-state index is 0.267. The van der Waals surface area contributed by atoms with E-state index in [1.807, 2.05) is 12.1 Å². The third kappa shape index (κ3) is 2.93. The van der Waals surface area contributed by atoms with E-state index in [4.69, 9.17) is 45.9 Å². The summed E-state index contributed by atoms with van der Waals surface area (Å²) in [5.74, 6) is 1.02. The van der Waals surface area contributed by atoms with Gasteiger partial charge in [0, 0.05) is 11.1 Å². The van der Waals surface area contributed by atoms with Crippen molar-refractivity contribution in [1.29, 1.82) is 0 Å². The first kappa shape index (κ1) is 13.1. The quantitative estimate of drug-likeness (QED) is 0.852. The Kier molecular flexibility index (Phi) is 4.07. The molecule has 0 saturated heterocycles. The molecule has 0 bridgehead atoms. The fourth-order valence-corrected chi connectivity index (χ4v) is 1.92. The highest BCUT2D eigenvalue weighted by Crippen LogP contribution is 2.33. The van der Waals surface area contributed by atoms with Crippen LogP contribution in [-0.4, -0.2) is 4.99 Å². The summed E-state index contributed by atoms with van der Waals surface area (Å²) in [6.45, 7) is 0. The van der Waals surface area contributed by atoms with Gasteiger partial charge in [-0.3, -0.25) is 0 Å². The third-order valence-electron chi connectivity index (χ3n) is 2.27. The molecule has 18 heavy (non-hydrogen) atoms. The Morgan fingerprint density at radius 2 is 1.78 bits per heavy atom. The average Bonchev–Trinajstić information content (AvgIpc) is 2.34. The number of halogens is 2. The van der Waals surface area contributed by atoms with Gasteiger partial charge in [0.1, 0.15) is 16.5 Å². The lowest BCUT2D eigenvalue weighted by Gasteiger charge is -2.11. The van der Waals surface area contributed by atoms with Gasteiger partial charge in [-0.05, 0) is 24.3 Å². The van der Waals surface area contributed by atoms with Gasteiger partial charge in [-0.2, -0.15) is 0 Å². The fourth-order valence-electron chi connectivity index (χ4n) is 1.43. The minimum absolute atomic E-state index is 0.267. The summed E-state index contributed by atoms with van der Waals surface area (Å²) in [5.41, 5.74) is 6.28.